The number of aliphatic hydroxyl groups is 1. The molecule has 2 N–H and O–H groups in total. The van der Waals surface area contributed by atoms with Crippen LogP contribution in [0, 0.1) is 11.8 Å². The first-order valence-corrected chi connectivity index (χ1v) is 12.4. The lowest BCUT2D eigenvalue weighted by Gasteiger charge is -2.60. The number of benzene rings is 1. The lowest BCUT2D eigenvalue weighted by Crippen LogP contribution is -2.66. The molecule has 164 valence electrons. The number of carbonyl (C=O) groups is 1. The predicted octanol–water partition coefficient (Wildman–Crippen LogP) is 3.88. The Labute approximate surface area is 187 Å². The third-order valence-corrected chi connectivity index (χ3v) is 8.48. The highest BCUT2D eigenvalue weighted by molar-refractivity contribution is 7.07. The van der Waals surface area contributed by atoms with Crippen LogP contribution in [0.15, 0.2) is 41.1 Å². The molecule has 0 radical (unpaired) electrons. The minimum Gasteiger partial charge on any atom is -0.484 e. The number of para-hydroxylation sites is 1. The number of ether oxygens (including phenoxy) is 1. The van der Waals surface area contributed by atoms with Crippen molar-refractivity contribution in [3.05, 3.63) is 52.2 Å². The van der Waals surface area contributed by atoms with Crippen LogP contribution >= 0.6 is 11.3 Å². The Morgan fingerprint density at radius 1 is 1.19 bits per heavy atom. The minimum absolute atomic E-state index is 0.0778. The number of nitrogens with one attached hydrogen (secondary N) is 1. The summed E-state index contributed by atoms with van der Waals surface area (Å²) in [5, 5.41) is 18.6. The van der Waals surface area contributed by atoms with E-state index in [0.717, 1.165) is 49.0 Å². The van der Waals surface area contributed by atoms with Gasteiger partial charge in [0.2, 0.25) is 5.91 Å². The fourth-order valence-electron chi connectivity index (χ4n) is 7.13. The molecule has 7 rings (SSSR count). The molecule has 5 nitrogen and oxygen atoms in total. The minimum atomic E-state index is -0.559. The van der Waals surface area contributed by atoms with E-state index in [1.54, 1.807) is 11.3 Å². The van der Waals surface area contributed by atoms with Gasteiger partial charge in [-0.2, -0.15) is 11.3 Å². The molecule has 3 unspecified atom stereocenters. The molecule has 4 fully saturated rings. The summed E-state index contributed by atoms with van der Waals surface area (Å²) in [6.45, 7) is 1.74. The van der Waals surface area contributed by atoms with Gasteiger partial charge in [-0.25, -0.2) is 0 Å². The first-order chi connectivity index (χ1) is 15.0. The van der Waals surface area contributed by atoms with Gasteiger partial charge < -0.3 is 15.2 Å². The van der Waals surface area contributed by atoms with E-state index in [9.17, 15) is 9.90 Å². The first kappa shape index (κ1) is 19.8. The molecule has 4 saturated carbocycles. The van der Waals surface area contributed by atoms with E-state index in [1.807, 2.05) is 18.2 Å². The lowest BCUT2D eigenvalue weighted by molar-refractivity contribution is -0.151. The molecular weight excluding hydrogens is 408 g/mol. The molecule has 4 bridgehead atoms. The average Bonchev–Trinajstić information content (AvgIpc) is 3.14. The number of amides is 1. The third kappa shape index (κ3) is 3.79. The Morgan fingerprint density at radius 2 is 2.00 bits per heavy atom. The van der Waals surface area contributed by atoms with Gasteiger partial charge >= 0.3 is 0 Å². The quantitative estimate of drug-likeness (QED) is 0.761. The van der Waals surface area contributed by atoms with Crippen LogP contribution in [0.2, 0.25) is 0 Å². The fourth-order valence-corrected chi connectivity index (χ4v) is 7.83. The molecule has 1 aliphatic heterocycles. The van der Waals surface area contributed by atoms with Crippen molar-refractivity contribution in [2.45, 2.75) is 62.3 Å². The van der Waals surface area contributed by atoms with Gasteiger partial charge in [0.1, 0.15) is 11.9 Å². The van der Waals surface area contributed by atoms with Crippen molar-refractivity contribution in [3.8, 4) is 5.75 Å². The maximum Gasteiger partial charge on any atom is 0.234 e. The van der Waals surface area contributed by atoms with Gasteiger partial charge in [-0.05, 0) is 73.3 Å². The molecule has 5 aliphatic rings. The van der Waals surface area contributed by atoms with E-state index in [0.29, 0.717) is 31.5 Å². The maximum absolute atomic E-state index is 13.2. The maximum atomic E-state index is 13.2. The Bertz CT molecular complexity index is 961. The van der Waals surface area contributed by atoms with Crippen LogP contribution in [0.25, 0.3) is 0 Å². The Kier molecular flexibility index (Phi) is 4.67. The summed E-state index contributed by atoms with van der Waals surface area (Å²) >= 11 is 1.67. The number of fused-ring (bicyclic) bond motifs is 1. The first-order valence-electron chi connectivity index (χ1n) is 11.5. The van der Waals surface area contributed by atoms with Crippen molar-refractivity contribution in [3.63, 3.8) is 0 Å². The van der Waals surface area contributed by atoms with Crippen LogP contribution < -0.4 is 10.1 Å². The van der Waals surface area contributed by atoms with Crippen LogP contribution in [0.1, 0.15) is 55.8 Å². The van der Waals surface area contributed by atoms with Crippen molar-refractivity contribution in [2.75, 3.05) is 13.1 Å². The molecule has 6 heteroatoms. The predicted molar refractivity (Wildman–Crippen MR) is 120 cm³/mol. The van der Waals surface area contributed by atoms with Crippen molar-refractivity contribution in [1.29, 1.82) is 0 Å². The molecule has 4 aliphatic carbocycles. The van der Waals surface area contributed by atoms with Gasteiger partial charge in [-0.1, -0.05) is 18.2 Å². The van der Waals surface area contributed by atoms with Crippen molar-refractivity contribution >= 4 is 17.2 Å². The van der Waals surface area contributed by atoms with Gasteiger partial charge in [-0.15, -0.1) is 0 Å². The van der Waals surface area contributed by atoms with E-state index < -0.39 is 5.60 Å². The number of hydrogen-bond donors (Lipinski definition) is 2. The number of rotatable bonds is 4. The largest absolute Gasteiger partial charge is 0.484 e. The zero-order valence-corrected chi connectivity index (χ0v) is 18.6. The summed E-state index contributed by atoms with van der Waals surface area (Å²) < 4.78 is 6.36. The SMILES string of the molecule is O=C(CN1Cc2ccccc2OC(c2ccsc2)C1)NC12CC3CC(CC(O)(C3)C1)C2. The van der Waals surface area contributed by atoms with Crippen LogP contribution in [-0.2, 0) is 11.3 Å². The second kappa shape index (κ2) is 7.32. The van der Waals surface area contributed by atoms with Crippen LogP contribution in [0.4, 0.5) is 0 Å². The smallest absolute Gasteiger partial charge is 0.234 e. The summed E-state index contributed by atoms with van der Waals surface area (Å²) in [7, 11) is 0. The number of carbonyl (C=O) groups excluding carboxylic acids is 1. The second-order valence-corrected chi connectivity index (χ2v) is 11.2. The third-order valence-electron chi connectivity index (χ3n) is 7.78. The lowest BCUT2D eigenvalue weighted by atomic mass is 9.51. The summed E-state index contributed by atoms with van der Waals surface area (Å²) in [5.74, 6) is 2.11. The Balaban J connectivity index is 1.19. The molecular formula is C25H30N2O3S. The number of nitrogens with zero attached hydrogens (tertiary/aromatic N) is 1. The monoisotopic (exact) mass is 438 g/mol. The zero-order valence-electron chi connectivity index (χ0n) is 17.8. The molecule has 0 spiro atoms. The normalized spacial score (nSPS) is 36.5. The summed E-state index contributed by atoms with van der Waals surface area (Å²) in [4.78, 5) is 15.5. The Morgan fingerprint density at radius 3 is 2.74 bits per heavy atom. The molecule has 1 aromatic carbocycles. The zero-order chi connectivity index (χ0) is 21.1. The second-order valence-electron chi connectivity index (χ2n) is 10.5. The average molecular weight is 439 g/mol. The van der Waals surface area contributed by atoms with Crippen molar-refractivity contribution < 1.29 is 14.6 Å². The van der Waals surface area contributed by atoms with Gasteiger partial charge in [0, 0.05) is 29.8 Å². The van der Waals surface area contributed by atoms with E-state index in [4.69, 9.17) is 4.74 Å². The van der Waals surface area contributed by atoms with E-state index in [1.165, 1.54) is 6.42 Å². The molecule has 2 heterocycles. The van der Waals surface area contributed by atoms with Crippen LogP contribution in [-0.4, -0.2) is 40.1 Å². The summed E-state index contributed by atoms with van der Waals surface area (Å²) in [6.07, 6.45) is 5.77. The van der Waals surface area contributed by atoms with E-state index in [-0.39, 0.29) is 17.6 Å². The Hall–Kier alpha value is -1.89. The number of hydrogen-bond acceptors (Lipinski definition) is 5. The van der Waals surface area contributed by atoms with E-state index in [2.05, 4.69) is 33.1 Å². The summed E-state index contributed by atoms with van der Waals surface area (Å²) in [5.41, 5.74) is 1.52. The highest BCUT2D eigenvalue weighted by Gasteiger charge is 2.57. The molecule has 1 aromatic heterocycles. The van der Waals surface area contributed by atoms with Gasteiger partial charge in [0.05, 0.1) is 12.1 Å². The van der Waals surface area contributed by atoms with Crippen LogP contribution in [0.5, 0.6) is 5.75 Å². The standard InChI is InChI=1S/C25H30N2O3S/c28-23(26-24-8-17-7-18(9-24)11-25(29,10-17)16-24)14-27-12-19-3-1-2-4-21(19)30-22(13-27)20-5-6-31-15-20/h1-6,15,17-18,22,29H,7-14,16H2,(H,26,28). The highest BCUT2D eigenvalue weighted by Crippen LogP contribution is 2.57. The van der Waals surface area contributed by atoms with Gasteiger partial charge in [0.25, 0.3) is 0 Å². The van der Waals surface area contributed by atoms with E-state index >= 15 is 0 Å². The number of thiophene rings is 1. The van der Waals surface area contributed by atoms with Gasteiger partial charge in [-0.3, -0.25) is 9.69 Å². The van der Waals surface area contributed by atoms with Crippen LogP contribution in [0.3, 0.4) is 0 Å². The van der Waals surface area contributed by atoms with Crippen molar-refractivity contribution in [1.82, 2.24) is 10.2 Å². The summed E-state index contributed by atoms with van der Waals surface area (Å²) in [6, 6.07) is 10.3. The molecule has 31 heavy (non-hydrogen) atoms. The molecule has 3 atom stereocenters. The fraction of sp³-hybridized carbons (Fsp3) is 0.560. The van der Waals surface area contributed by atoms with Gasteiger partial charge in [0.15, 0.2) is 0 Å². The topological polar surface area (TPSA) is 61.8 Å². The molecule has 2 aromatic rings. The molecule has 1 amide bonds. The molecule has 0 saturated heterocycles. The highest BCUT2D eigenvalue weighted by atomic mass is 32.1. The van der Waals surface area contributed by atoms with Crippen molar-refractivity contribution in [2.24, 2.45) is 11.8 Å².